The molecule has 1 aromatic heterocycles. The fourth-order valence-electron chi connectivity index (χ4n) is 2.82. The molecule has 1 fully saturated rings. The second kappa shape index (κ2) is 7.62. The number of hydrogen-bond donors (Lipinski definition) is 1. The van der Waals surface area contributed by atoms with E-state index in [1.54, 1.807) is 0 Å². The number of nitrogens with zero attached hydrogens (tertiary/aromatic N) is 3. The molecule has 2 heterocycles. The highest BCUT2D eigenvalue weighted by Gasteiger charge is 2.20. The van der Waals surface area contributed by atoms with E-state index in [1.165, 1.54) is 25.7 Å². The minimum atomic E-state index is 0.356. The van der Waals surface area contributed by atoms with Crippen molar-refractivity contribution in [1.29, 1.82) is 0 Å². The Hall–Kier alpha value is -1.32. The largest absolute Gasteiger partial charge is 0.370 e. The van der Waals surface area contributed by atoms with E-state index in [2.05, 4.69) is 49.0 Å². The molecule has 21 heavy (non-hydrogen) atoms. The molecule has 4 heteroatoms. The predicted molar refractivity (Wildman–Crippen MR) is 90.2 cm³/mol. The SMILES string of the molecule is CCCNc1cc(N2CCCCCC2C)nc(C(C)C)n1. The molecule has 0 aromatic carbocycles. The maximum absolute atomic E-state index is 4.83. The zero-order chi connectivity index (χ0) is 15.2. The van der Waals surface area contributed by atoms with Gasteiger partial charge in [0, 0.05) is 31.1 Å². The minimum absolute atomic E-state index is 0.356. The van der Waals surface area contributed by atoms with Gasteiger partial charge in [0.15, 0.2) is 0 Å². The molecule has 0 saturated carbocycles. The number of nitrogens with one attached hydrogen (secondary N) is 1. The Morgan fingerprint density at radius 2 is 2.10 bits per heavy atom. The number of hydrogen-bond acceptors (Lipinski definition) is 4. The quantitative estimate of drug-likeness (QED) is 0.882. The number of aromatic nitrogens is 2. The highest BCUT2D eigenvalue weighted by Crippen LogP contribution is 2.25. The van der Waals surface area contributed by atoms with Gasteiger partial charge in [0.1, 0.15) is 17.5 Å². The Labute approximate surface area is 129 Å². The molecule has 0 bridgehead atoms. The first kappa shape index (κ1) is 16.1. The summed E-state index contributed by atoms with van der Waals surface area (Å²) in [6.45, 7) is 10.9. The van der Waals surface area contributed by atoms with Crippen LogP contribution in [0.5, 0.6) is 0 Å². The Bertz CT molecular complexity index is 444. The fraction of sp³-hybridized carbons (Fsp3) is 0.765. The van der Waals surface area contributed by atoms with Crippen LogP contribution in [-0.2, 0) is 0 Å². The van der Waals surface area contributed by atoms with E-state index in [1.807, 2.05) is 0 Å². The standard InChI is InChI=1S/C17H30N4/c1-5-10-18-15-12-16(20-17(19-15)13(2)3)21-11-8-6-7-9-14(21)4/h12-14H,5-11H2,1-4H3,(H,18,19,20). The van der Waals surface area contributed by atoms with Crippen LogP contribution in [0.3, 0.4) is 0 Å². The molecular weight excluding hydrogens is 260 g/mol. The van der Waals surface area contributed by atoms with Crippen LogP contribution in [0.2, 0.25) is 0 Å². The molecule has 1 saturated heterocycles. The molecule has 1 unspecified atom stereocenters. The van der Waals surface area contributed by atoms with Crippen molar-refractivity contribution in [3.63, 3.8) is 0 Å². The first-order valence-corrected chi connectivity index (χ1v) is 8.51. The Kier molecular flexibility index (Phi) is 5.83. The van der Waals surface area contributed by atoms with Crippen LogP contribution >= 0.6 is 0 Å². The molecule has 1 aliphatic heterocycles. The lowest BCUT2D eigenvalue weighted by Crippen LogP contribution is -2.33. The van der Waals surface area contributed by atoms with Gasteiger partial charge in [-0.05, 0) is 26.2 Å². The number of rotatable bonds is 5. The van der Waals surface area contributed by atoms with Crippen LogP contribution in [0.15, 0.2) is 6.07 Å². The van der Waals surface area contributed by atoms with Gasteiger partial charge in [0.05, 0.1) is 0 Å². The van der Waals surface area contributed by atoms with Gasteiger partial charge in [-0.25, -0.2) is 9.97 Å². The van der Waals surface area contributed by atoms with Crippen LogP contribution in [0.4, 0.5) is 11.6 Å². The summed E-state index contributed by atoms with van der Waals surface area (Å²) in [4.78, 5) is 12.0. The Balaban J connectivity index is 2.29. The van der Waals surface area contributed by atoms with Gasteiger partial charge in [0.25, 0.3) is 0 Å². The van der Waals surface area contributed by atoms with E-state index in [9.17, 15) is 0 Å². The van der Waals surface area contributed by atoms with Gasteiger partial charge < -0.3 is 10.2 Å². The maximum atomic E-state index is 4.83. The van der Waals surface area contributed by atoms with Crippen LogP contribution in [0.25, 0.3) is 0 Å². The minimum Gasteiger partial charge on any atom is -0.370 e. The summed E-state index contributed by atoms with van der Waals surface area (Å²) in [5.41, 5.74) is 0. The first-order chi connectivity index (χ1) is 10.1. The van der Waals surface area contributed by atoms with Crippen molar-refractivity contribution in [3.8, 4) is 0 Å². The Morgan fingerprint density at radius 1 is 1.29 bits per heavy atom. The molecular formula is C17H30N4. The molecule has 0 aliphatic carbocycles. The van der Waals surface area contributed by atoms with E-state index in [-0.39, 0.29) is 0 Å². The lowest BCUT2D eigenvalue weighted by molar-refractivity contribution is 0.608. The van der Waals surface area contributed by atoms with Crippen molar-refractivity contribution in [3.05, 3.63) is 11.9 Å². The zero-order valence-electron chi connectivity index (χ0n) is 14.0. The van der Waals surface area contributed by atoms with Crippen molar-refractivity contribution in [2.75, 3.05) is 23.3 Å². The van der Waals surface area contributed by atoms with Gasteiger partial charge in [-0.2, -0.15) is 0 Å². The molecule has 0 spiro atoms. The average molecular weight is 290 g/mol. The van der Waals surface area contributed by atoms with Crippen molar-refractivity contribution < 1.29 is 0 Å². The molecule has 1 aliphatic rings. The van der Waals surface area contributed by atoms with E-state index in [0.29, 0.717) is 12.0 Å². The summed E-state index contributed by atoms with van der Waals surface area (Å²) in [6.07, 6.45) is 6.31. The average Bonchev–Trinajstić information content (AvgIpc) is 2.69. The van der Waals surface area contributed by atoms with E-state index >= 15 is 0 Å². The van der Waals surface area contributed by atoms with Crippen LogP contribution in [0.1, 0.15) is 71.5 Å². The predicted octanol–water partition coefficient (Wildman–Crippen LogP) is 4.19. The van der Waals surface area contributed by atoms with Crippen molar-refractivity contribution in [2.45, 2.75) is 71.8 Å². The molecule has 0 amide bonds. The molecule has 2 rings (SSSR count). The monoisotopic (exact) mass is 290 g/mol. The summed E-state index contributed by atoms with van der Waals surface area (Å²) in [5, 5.41) is 3.42. The Morgan fingerprint density at radius 3 is 2.81 bits per heavy atom. The lowest BCUT2D eigenvalue weighted by atomic mass is 10.1. The first-order valence-electron chi connectivity index (χ1n) is 8.51. The second-order valence-corrected chi connectivity index (χ2v) is 6.44. The van der Waals surface area contributed by atoms with Gasteiger partial charge in [0.2, 0.25) is 0 Å². The van der Waals surface area contributed by atoms with Gasteiger partial charge >= 0.3 is 0 Å². The summed E-state index contributed by atoms with van der Waals surface area (Å²) in [6, 6.07) is 2.70. The van der Waals surface area contributed by atoms with Crippen molar-refractivity contribution >= 4 is 11.6 Å². The van der Waals surface area contributed by atoms with Crippen LogP contribution in [0, 0.1) is 0 Å². The topological polar surface area (TPSA) is 41.0 Å². The van der Waals surface area contributed by atoms with Gasteiger partial charge in [-0.15, -0.1) is 0 Å². The van der Waals surface area contributed by atoms with Crippen LogP contribution < -0.4 is 10.2 Å². The van der Waals surface area contributed by atoms with Gasteiger partial charge in [-0.3, -0.25) is 0 Å². The third-order valence-corrected chi connectivity index (χ3v) is 4.15. The molecule has 4 nitrogen and oxygen atoms in total. The highest BCUT2D eigenvalue weighted by atomic mass is 15.2. The van der Waals surface area contributed by atoms with Gasteiger partial charge in [-0.1, -0.05) is 33.6 Å². The normalized spacial score (nSPS) is 19.7. The maximum Gasteiger partial charge on any atom is 0.135 e. The summed E-state index contributed by atoms with van der Waals surface area (Å²) in [7, 11) is 0. The molecule has 1 atom stereocenters. The third kappa shape index (κ3) is 4.32. The highest BCUT2D eigenvalue weighted by molar-refractivity contribution is 5.50. The number of anilines is 2. The van der Waals surface area contributed by atoms with E-state index in [4.69, 9.17) is 4.98 Å². The second-order valence-electron chi connectivity index (χ2n) is 6.44. The lowest BCUT2D eigenvalue weighted by Gasteiger charge is -2.29. The van der Waals surface area contributed by atoms with Crippen molar-refractivity contribution in [2.24, 2.45) is 0 Å². The molecule has 1 aromatic rings. The third-order valence-electron chi connectivity index (χ3n) is 4.15. The fourth-order valence-corrected chi connectivity index (χ4v) is 2.82. The smallest absolute Gasteiger partial charge is 0.135 e. The summed E-state index contributed by atoms with van der Waals surface area (Å²) in [5.74, 6) is 3.38. The van der Waals surface area contributed by atoms with E-state index in [0.717, 1.165) is 37.0 Å². The molecule has 1 N–H and O–H groups in total. The molecule has 118 valence electrons. The van der Waals surface area contributed by atoms with E-state index < -0.39 is 0 Å². The zero-order valence-corrected chi connectivity index (χ0v) is 14.0. The molecule has 0 radical (unpaired) electrons. The van der Waals surface area contributed by atoms with Crippen LogP contribution in [-0.4, -0.2) is 29.1 Å². The summed E-state index contributed by atoms with van der Waals surface area (Å²) >= 11 is 0. The summed E-state index contributed by atoms with van der Waals surface area (Å²) < 4.78 is 0. The van der Waals surface area contributed by atoms with Crippen molar-refractivity contribution in [1.82, 2.24) is 9.97 Å².